The van der Waals surface area contributed by atoms with Gasteiger partial charge in [-0.1, -0.05) is 31.2 Å². The van der Waals surface area contributed by atoms with Crippen molar-refractivity contribution >= 4 is 0 Å². The van der Waals surface area contributed by atoms with Crippen LogP contribution in [0.5, 0.6) is 0 Å². The van der Waals surface area contributed by atoms with Crippen molar-refractivity contribution in [3.8, 4) is 0 Å². The molecule has 0 bridgehead atoms. The molecule has 84 valence electrons. The van der Waals surface area contributed by atoms with Crippen LogP contribution in [0.25, 0.3) is 0 Å². The van der Waals surface area contributed by atoms with Crippen LogP contribution in [-0.2, 0) is 6.42 Å². The molecule has 1 rings (SSSR count). The second kappa shape index (κ2) is 5.85. The Hall–Kier alpha value is -0.900. The van der Waals surface area contributed by atoms with Gasteiger partial charge in [0, 0.05) is 0 Å². The maximum Gasteiger partial charge on any atom is 0.105 e. The Morgan fingerprint density at radius 1 is 1.20 bits per heavy atom. The molecular formula is C12H19NO2. The van der Waals surface area contributed by atoms with Gasteiger partial charge in [-0.05, 0) is 30.5 Å². The molecule has 0 aliphatic carbocycles. The SMILES string of the molecule is CCc1ccc(C(O)C(O)CCN)cc1. The molecule has 0 amide bonds. The quantitative estimate of drug-likeness (QED) is 0.677. The summed E-state index contributed by atoms with van der Waals surface area (Å²) in [4.78, 5) is 0. The molecule has 0 saturated carbocycles. The molecule has 0 aliphatic rings. The molecule has 2 atom stereocenters. The summed E-state index contributed by atoms with van der Waals surface area (Å²) in [6, 6.07) is 7.63. The van der Waals surface area contributed by atoms with Crippen molar-refractivity contribution in [1.82, 2.24) is 0 Å². The van der Waals surface area contributed by atoms with Gasteiger partial charge in [0.15, 0.2) is 0 Å². The Kier molecular flexibility index (Phi) is 4.75. The highest BCUT2D eigenvalue weighted by molar-refractivity contribution is 5.24. The van der Waals surface area contributed by atoms with Crippen LogP contribution >= 0.6 is 0 Å². The first-order valence-electron chi connectivity index (χ1n) is 5.34. The van der Waals surface area contributed by atoms with E-state index in [2.05, 4.69) is 6.92 Å². The van der Waals surface area contributed by atoms with E-state index < -0.39 is 12.2 Å². The second-order valence-corrected chi connectivity index (χ2v) is 3.68. The summed E-state index contributed by atoms with van der Waals surface area (Å²) in [7, 11) is 0. The Balaban J connectivity index is 2.69. The largest absolute Gasteiger partial charge is 0.390 e. The fraction of sp³-hybridized carbons (Fsp3) is 0.500. The topological polar surface area (TPSA) is 66.5 Å². The fourth-order valence-corrected chi connectivity index (χ4v) is 1.50. The van der Waals surface area contributed by atoms with Crippen molar-refractivity contribution in [3.63, 3.8) is 0 Å². The molecule has 4 N–H and O–H groups in total. The third kappa shape index (κ3) is 3.30. The Bertz CT molecular complexity index is 284. The summed E-state index contributed by atoms with van der Waals surface area (Å²) in [6.45, 7) is 2.46. The zero-order valence-electron chi connectivity index (χ0n) is 9.06. The maximum atomic E-state index is 9.78. The van der Waals surface area contributed by atoms with Crippen molar-refractivity contribution in [1.29, 1.82) is 0 Å². The van der Waals surface area contributed by atoms with Crippen LogP contribution in [0.3, 0.4) is 0 Å². The maximum absolute atomic E-state index is 9.78. The highest BCUT2D eigenvalue weighted by Crippen LogP contribution is 2.19. The molecule has 0 fully saturated rings. The summed E-state index contributed by atoms with van der Waals surface area (Å²) in [6.07, 6.45) is -0.222. The zero-order valence-corrected chi connectivity index (χ0v) is 9.06. The summed E-state index contributed by atoms with van der Waals surface area (Å²) in [5.74, 6) is 0. The van der Waals surface area contributed by atoms with E-state index in [1.54, 1.807) is 0 Å². The van der Waals surface area contributed by atoms with Crippen LogP contribution < -0.4 is 5.73 Å². The summed E-state index contributed by atoms with van der Waals surface area (Å²) in [5.41, 5.74) is 7.29. The standard InChI is InChI=1S/C12H19NO2/c1-2-9-3-5-10(6-4-9)12(15)11(14)7-8-13/h3-6,11-12,14-15H,2,7-8,13H2,1H3. The summed E-state index contributed by atoms with van der Waals surface area (Å²) >= 11 is 0. The molecule has 0 aliphatic heterocycles. The van der Waals surface area contributed by atoms with Gasteiger partial charge in [-0.25, -0.2) is 0 Å². The normalized spacial score (nSPS) is 14.9. The lowest BCUT2D eigenvalue weighted by atomic mass is 10.0. The molecule has 3 heteroatoms. The molecule has 0 heterocycles. The lowest BCUT2D eigenvalue weighted by molar-refractivity contribution is 0.0150. The lowest BCUT2D eigenvalue weighted by Crippen LogP contribution is -2.21. The number of hydrogen-bond acceptors (Lipinski definition) is 3. The van der Waals surface area contributed by atoms with E-state index in [1.165, 1.54) is 5.56 Å². The highest BCUT2D eigenvalue weighted by atomic mass is 16.3. The third-order valence-electron chi connectivity index (χ3n) is 2.56. The molecule has 0 radical (unpaired) electrons. The van der Waals surface area contributed by atoms with Gasteiger partial charge in [0.25, 0.3) is 0 Å². The van der Waals surface area contributed by atoms with E-state index >= 15 is 0 Å². The number of hydrogen-bond donors (Lipinski definition) is 3. The third-order valence-corrected chi connectivity index (χ3v) is 2.56. The minimum absolute atomic E-state index is 0.380. The molecule has 1 aromatic carbocycles. The summed E-state index contributed by atoms with van der Waals surface area (Å²) < 4.78 is 0. The van der Waals surface area contributed by atoms with E-state index in [1.807, 2.05) is 24.3 Å². The van der Waals surface area contributed by atoms with E-state index in [9.17, 15) is 10.2 Å². The predicted octanol–water partition coefficient (Wildman–Crippen LogP) is 0.992. The molecule has 2 unspecified atom stereocenters. The molecule has 0 aromatic heterocycles. The predicted molar refractivity (Wildman–Crippen MR) is 60.5 cm³/mol. The van der Waals surface area contributed by atoms with Gasteiger partial charge in [0.1, 0.15) is 6.10 Å². The van der Waals surface area contributed by atoms with Gasteiger partial charge >= 0.3 is 0 Å². The minimum atomic E-state index is -0.834. The fourth-order valence-electron chi connectivity index (χ4n) is 1.50. The highest BCUT2D eigenvalue weighted by Gasteiger charge is 2.16. The van der Waals surface area contributed by atoms with Gasteiger partial charge in [-0.3, -0.25) is 0 Å². The van der Waals surface area contributed by atoms with E-state index in [-0.39, 0.29) is 0 Å². The van der Waals surface area contributed by atoms with Crippen molar-refractivity contribution in [2.75, 3.05) is 6.54 Å². The Morgan fingerprint density at radius 3 is 2.27 bits per heavy atom. The Morgan fingerprint density at radius 2 is 1.80 bits per heavy atom. The van der Waals surface area contributed by atoms with Crippen LogP contribution in [0.2, 0.25) is 0 Å². The number of aryl methyl sites for hydroxylation is 1. The molecule has 0 saturated heterocycles. The number of rotatable bonds is 5. The Labute approximate surface area is 90.5 Å². The van der Waals surface area contributed by atoms with Crippen LogP contribution in [0, 0.1) is 0 Å². The zero-order chi connectivity index (χ0) is 11.3. The van der Waals surface area contributed by atoms with Crippen LogP contribution in [0.1, 0.15) is 30.6 Å². The van der Waals surface area contributed by atoms with E-state index in [0.717, 1.165) is 12.0 Å². The first-order chi connectivity index (χ1) is 7.19. The molecule has 15 heavy (non-hydrogen) atoms. The van der Waals surface area contributed by atoms with Crippen LogP contribution in [-0.4, -0.2) is 22.9 Å². The van der Waals surface area contributed by atoms with Gasteiger partial charge in [-0.2, -0.15) is 0 Å². The van der Waals surface area contributed by atoms with E-state index in [0.29, 0.717) is 13.0 Å². The van der Waals surface area contributed by atoms with Crippen molar-refractivity contribution < 1.29 is 10.2 Å². The van der Waals surface area contributed by atoms with Crippen molar-refractivity contribution in [3.05, 3.63) is 35.4 Å². The average Bonchev–Trinajstić information content (AvgIpc) is 2.28. The monoisotopic (exact) mass is 209 g/mol. The number of aliphatic hydroxyl groups is 2. The number of aliphatic hydroxyl groups excluding tert-OH is 2. The number of nitrogens with two attached hydrogens (primary N) is 1. The van der Waals surface area contributed by atoms with Gasteiger partial charge in [0.2, 0.25) is 0 Å². The van der Waals surface area contributed by atoms with Gasteiger partial charge in [-0.15, -0.1) is 0 Å². The molecule has 1 aromatic rings. The first-order valence-corrected chi connectivity index (χ1v) is 5.34. The average molecular weight is 209 g/mol. The molecule has 0 spiro atoms. The lowest BCUT2D eigenvalue weighted by Gasteiger charge is -2.17. The van der Waals surface area contributed by atoms with Crippen LogP contribution in [0.15, 0.2) is 24.3 Å². The molecule has 3 nitrogen and oxygen atoms in total. The minimum Gasteiger partial charge on any atom is -0.390 e. The number of benzene rings is 1. The van der Waals surface area contributed by atoms with Gasteiger partial charge in [0.05, 0.1) is 6.10 Å². The molecular weight excluding hydrogens is 190 g/mol. The van der Waals surface area contributed by atoms with Gasteiger partial charge < -0.3 is 15.9 Å². The van der Waals surface area contributed by atoms with Crippen molar-refractivity contribution in [2.45, 2.75) is 32.0 Å². The van der Waals surface area contributed by atoms with Crippen LogP contribution in [0.4, 0.5) is 0 Å². The summed E-state index contributed by atoms with van der Waals surface area (Å²) in [5, 5.41) is 19.3. The first kappa shape index (κ1) is 12.2. The smallest absolute Gasteiger partial charge is 0.105 e. The van der Waals surface area contributed by atoms with E-state index in [4.69, 9.17) is 5.73 Å². The van der Waals surface area contributed by atoms with Crippen molar-refractivity contribution in [2.24, 2.45) is 5.73 Å². The second-order valence-electron chi connectivity index (χ2n) is 3.68.